The maximum atomic E-state index is 12.3. The van der Waals surface area contributed by atoms with E-state index >= 15 is 0 Å². The average molecular weight is 912 g/mol. The zero-order chi connectivity index (χ0) is 46.0. The zero-order valence-corrected chi connectivity index (χ0v) is 38.2. The molecule has 342 valence electrons. The number of hydrogen-bond acceptors (Lipinski definition) is 13. The number of allylic oxidation sites excluding steroid dienone is 2. The molecule has 0 unspecified atom stereocenters. The van der Waals surface area contributed by atoms with E-state index in [0.717, 1.165) is 113 Å². The van der Waals surface area contributed by atoms with Gasteiger partial charge < -0.3 is 16.2 Å². The van der Waals surface area contributed by atoms with E-state index in [-0.39, 0.29) is 11.6 Å². The molecule has 10 rings (SSSR count). The fraction of sp³-hybridized carbons (Fsp3) is 0.417. The zero-order valence-electron chi connectivity index (χ0n) is 37.4. The summed E-state index contributed by atoms with van der Waals surface area (Å²) in [5, 5.41) is 45.6. The molecule has 17 nitrogen and oxygen atoms in total. The number of fused-ring (bicyclic) bond motifs is 2. The predicted octanol–water partition coefficient (Wildman–Crippen LogP) is 6.63. The molecule has 6 heterocycles. The number of rotatable bonds is 17. The van der Waals surface area contributed by atoms with Gasteiger partial charge in [-0.1, -0.05) is 45.8 Å². The van der Waals surface area contributed by atoms with Crippen LogP contribution in [0, 0.1) is 25.7 Å². The van der Waals surface area contributed by atoms with Crippen molar-refractivity contribution in [2.75, 3.05) is 0 Å². The Morgan fingerprint density at radius 3 is 1.94 bits per heavy atom. The standard InChI is InChI=1S/C24H26ClN7O.C17H19N5O2.C7H10N2/c1-15-5-6-16(12-26-15)13-27-24(33)22-14-32(31-30-22)9-3-2-4-18-10-20-21(29-28-18)11-19(23(20)25)17-7-8-17;23-17(24)16-10-22(21-20-16)6-2-1-3-14-8-13-7-12(11-4-5-11)9-15(13)19-18-14;1-6-2-3-7(4-8)5-9-6/h5-6,10,12,14,17H,2-4,7-9,11,13H2,1H3,(H,27,33);7-8,10-11H,1-6,9H2,(H,23,24);2-3,5H,4,8H2,1H3. The molecule has 4 N–H and O–H groups in total. The highest BCUT2D eigenvalue weighted by Gasteiger charge is 2.34. The van der Waals surface area contributed by atoms with E-state index in [0.29, 0.717) is 37.8 Å². The number of carboxylic acid groups (broad SMARTS) is 1. The van der Waals surface area contributed by atoms with Crippen molar-refractivity contribution in [3.05, 3.63) is 140 Å². The van der Waals surface area contributed by atoms with E-state index in [4.69, 9.17) is 22.4 Å². The van der Waals surface area contributed by atoms with Crippen molar-refractivity contribution in [1.29, 1.82) is 0 Å². The summed E-state index contributed by atoms with van der Waals surface area (Å²) < 4.78 is 3.28. The molecule has 6 aromatic rings. The first kappa shape index (κ1) is 46.0. The monoisotopic (exact) mass is 910 g/mol. The summed E-state index contributed by atoms with van der Waals surface area (Å²) in [4.78, 5) is 31.4. The van der Waals surface area contributed by atoms with Crippen LogP contribution in [0.25, 0.3) is 11.1 Å². The van der Waals surface area contributed by atoms with E-state index in [2.05, 4.69) is 74.5 Å². The molecule has 1 amide bonds. The Bertz CT molecular complexity index is 2700. The molecule has 4 aliphatic rings. The predicted molar refractivity (Wildman–Crippen MR) is 248 cm³/mol. The fourth-order valence-corrected chi connectivity index (χ4v) is 8.16. The van der Waals surface area contributed by atoms with Crippen molar-refractivity contribution in [2.24, 2.45) is 17.6 Å². The molecule has 4 aliphatic carbocycles. The summed E-state index contributed by atoms with van der Waals surface area (Å²) in [6.07, 6.45) is 21.4. The first-order chi connectivity index (χ1) is 32.1. The van der Waals surface area contributed by atoms with Crippen LogP contribution in [0.4, 0.5) is 0 Å². The minimum atomic E-state index is -1.05. The van der Waals surface area contributed by atoms with Gasteiger partial charge in [-0.15, -0.1) is 10.2 Å². The number of aromatic nitrogens is 12. The number of amides is 1. The molecule has 0 spiro atoms. The van der Waals surface area contributed by atoms with Crippen LogP contribution in [0.2, 0.25) is 0 Å². The molecule has 6 aromatic heterocycles. The molecule has 0 aromatic carbocycles. The van der Waals surface area contributed by atoms with Gasteiger partial charge in [0.25, 0.3) is 5.91 Å². The van der Waals surface area contributed by atoms with Gasteiger partial charge in [0, 0.05) is 73.4 Å². The van der Waals surface area contributed by atoms with Crippen LogP contribution in [0.5, 0.6) is 0 Å². The van der Waals surface area contributed by atoms with Crippen molar-refractivity contribution in [3.63, 3.8) is 0 Å². The van der Waals surface area contributed by atoms with Crippen LogP contribution >= 0.6 is 11.6 Å². The molecule has 2 fully saturated rings. The number of halogens is 1. The summed E-state index contributed by atoms with van der Waals surface area (Å²) >= 11 is 6.61. The van der Waals surface area contributed by atoms with Gasteiger partial charge in [0.05, 0.1) is 35.2 Å². The first-order valence-corrected chi connectivity index (χ1v) is 23.1. The quantitative estimate of drug-likeness (QED) is 0.0816. The maximum absolute atomic E-state index is 12.3. The molecule has 2 saturated carbocycles. The lowest BCUT2D eigenvalue weighted by Gasteiger charge is -2.04. The van der Waals surface area contributed by atoms with E-state index in [1.54, 1.807) is 28.0 Å². The second-order valence-electron chi connectivity index (χ2n) is 17.3. The maximum Gasteiger partial charge on any atom is 0.358 e. The minimum absolute atomic E-state index is 0.0160. The summed E-state index contributed by atoms with van der Waals surface area (Å²) in [6.45, 7) is 6.21. The smallest absolute Gasteiger partial charge is 0.358 e. The molecule has 0 aliphatic heterocycles. The summed E-state index contributed by atoms with van der Waals surface area (Å²) in [7, 11) is 0. The third-order valence-electron chi connectivity index (χ3n) is 11.9. The van der Waals surface area contributed by atoms with Crippen LogP contribution in [0.3, 0.4) is 0 Å². The van der Waals surface area contributed by atoms with E-state index in [1.807, 2.05) is 38.1 Å². The van der Waals surface area contributed by atoms with Crippen LogP contribution in [0.15, 0.2) is 72.3 Å². The molecule has 0 atom stereocenters. The van der Waals surface area contributed by atoms with E-state index in [1.165, 1.54) is 48.6 Å². The van der Waals surface area contributed by atoms with Gasteiger partial charge in [-0.2, -0.15) is 20.4 Å². The van der Waals surface area contributed by atoms with Gasteiger partial charge in [-0.3, -0.25) is 24.1 Å². The number of nitrogens with one attached hydrogen (secondary N) is 1. The largest absolute Gasteiger partial charge is 0.476 e. The molecular formula is C48H55ClN14O3. The lowest BCUT2D eigenvalue weighted by atomic mass is 10.1. The Balaban J connectivity index is 0.000000156. The Morgan fingerprint density at radius 2 is 1.35 bits per heavy atom. The SMILES string of the molecule is Cc1ccc(CN)cn1.Cc1ccc(CNC(=O)c2cn(CCCCc3cc4c(nn3)CC(C3CC3)=C4Cl)nn2)cn1.O=C(O)c1cn(CCCCc2cc3c(nn2)CC(C2CC2)=C3)nn1. The van der Waals surface area contributed by atoms with Gasteiger partial charge in [-0.25, -0.2) is 4.79 Å². The average Bonchev–Trinajstić information content (AvgIpc) is 4.17. The van der Waals surface area contributed by atoms with Gasteiger partial charge in [-0.05, 0) is 136 Å². The van der Waals surface area contributed by atoms with Crippen LogP contribution in [-0.2, 0) is 51.9 Å². The Hall–Kier alpha value is -6.59. The second kappa shape index (κ2) is 21.6. The number of nitrogens with zero attached hydrogens (tertiary/aromatic N) is 12. The second-order valence-corrected chi connectivity index (χ2v) is 17.7. The third-order valence-corrected chi connectivity index (χ3v) is 12.4. The fourth-order valence-electron chi connectivity index (χ4n) is 7.78. The molecule has 0 bridgehead atoms. The Kier molecular flexibility index (Phi) is 15.0. The van der Waals surface area contributed by atoms with Gasteiger partial charge in [0.1, 0.15) is 0 Å². The Labute approximate surface area is 388 Å². The molecular weight excluding hydrogens is 856 g/mol. The summed E-state index contributed by atoms with van der Waals surface area (Å²) in [6, 6.07) is 12.1. The van der Waals surface area contributed by atoms with Gasteiger partial charge in [0.2, 0.25) is 0 Å². The van der Waals surface area contributed by atoms with E-state index < -0.39 is 5.97 Å². The number of carboxylic acids is 1. The normalized spacial score (nSPS) is 14.7. The lowest BCUT2D eigenvalue weighted by molar-refractivity contribution is 0.0690. The molecule has 66 heavy (non-hydrogen) atoms. The minimum Gasteiger partial charge on any atom is -0.476 e. The summed E-state index contributed by atoms with van der Waals surface area (Å²) in [5.74, 6) is 0.157. The number of hydrogen-bond donors (Lipinski definition) is 3. The number of carbonyl (C=O) groups excluding carboxylic acids is 1. The first-order valence-electron chi connectivity index (χ1n) is 22.7. The highest BCUT2D eigenvalue weighted by atomic mass is 35.5. The van der Waals surface area contributed by atoms with Crippen LogP contribution in [-0.4, -0.2) is 77.3 Å². The third kappa shape index (κ3) is 12.6. The van der Waals surface area contributed by atoms with Gasteiger partial charge >= 0.3 is 5.97 Å². The number of aryl methyl sites for hydroxylation is 6. The van der Waals surface area contributed by atoms with Crippen LogP contribution < -0.4 is 11.1 Å². The number of nitrogens with two attached hydrogens (primary N) is 1. The topological polar surface area (TPSA) is 231 Å². The molecule has 18 heteroatoms. The number of aromatic carboxylic acids is 1. The highest BCUT2D eigenvalue weighted by Crippen LogP contribution is 2.47. The Morgan fingerprint density at radius 1 is 0.742 bits per heavy atom. The number of carbonyl (C=O) groups is 2. The van der Waals surface area contributed by atoms with Crippen molar-refractivity contribution >= 4 is 34.6 Å². The van der Waals surface area contributed by atoms with E-state index in [9.17, 15) is 9.59 Å². The number of unbranched alkanes of at least 4 members (excludes halogenated alkanes) is 2. The number of pyridine rings is 2. The van der Waals surface area contributed by atoms with Gasteiger partial charge in [0.15, 0.2) is 11.4 Å². The highest BCUT2D eigenvalue weighted by molar-refractivity contribution is 6.50. The summed E-state index contributed by atoms with van der Waals surface area (Å²) in [5.41, 5.74) is 19.0. The lowest BCUT2D eigenvalue weighted by Crippen LogP contribution is -2.23. The van der Waals surface area contributed by atoms with Crippen molar-refractivity contribution < 1.29 is 14.7 Å². The van der Waals surface area contributed by atoms with Crippen molar-refractivity contribution in [2.45, 2.75) is 117 Å². The van der Waals surface area contributed by atoms with Crippen molar-refractivity contribution in [1.82, 2.24) is 65.7 Å². The van der Waals surface area contributed by atoms with Crippen LogP contribution in [0.1, 0.15) is 129 Å². The van der Waals surface area contributed by atoms with Crippen molar-refractivity contribution in [3.8, 4) is 0 Å². The molecule has 0 radical (unpaired) electrons. The molecule has 0 saturated heterocycles.